The molecule has 0 bridgehead atoms. The quantitative estimate of drug-likeness (QED) is 0.373. The van der Waals surface area contributed by atoms with Gasteiger partial charge in [0.1, 0.15) is 10.1 Å². The summed E-state index contributed by atoms with van der Waals surface area (Å²) in [5.74, 6) is 0.0264. The van der Waals surface area contributed by atoms with E-state index in [9.17, 15) is 4.79 Å². The molecule has 1 heterocycles. The zero-order chi connectivity index (χ0) is 12.7. The number of alkyl halides is 2. The van der Waals surface area contributed by atoms with Crippen molar-refractivity contribution in [1.29, 1.82) is 0 Å². The van der Waals surface area contributed by atoms with Crippen LogP contribution in [0.1, 0.15) is 51.9 Å². The molecular formula is C12H19Cl2NOS. The molecule has 1 aliphatic rings. The Bertz CT molecular complexity index is 282. The molecule has 0 spiro atoms. The number of hydrogen-bond acceptors (Lipinski definition) is 3. The molecule has 0 N–H and O–H groups in total. The Balaban J connectivity index is 2.14. The van der Waals surface area contributed by atoms with Gasteiger partial charge >= 0.3 is 0 Å². The number of carbonyl (C=O) groups is 1. The molecule has 1 aliphatic heterocycles. The summed E-state index contributed by atoms with van der Waals surface area (Å²) < 4.78 is 4.17. The molecule has 0 aliphatic carbocycles. The molecule has 0 aromatic carbocycles. The largest absolute Gasteiger partial charge is 0.291 e. The van der Waals surface area contributed by atoms with E-state index in [0.29, 0.717) is 5.71 Å². The predicted octanol–water partition coefficient (Wildman–Crippen LogP) is 4.58. The van der Waals surface area contributed by atoms with Crippen LogP contribution >= 0.6 is 35.1 Å². The van der Waals surface area contributed by atoms with E-state index in [1.807, 2.05) is 0 Å². The normalized spacial score (nSPS) is 20.1. The molecule has 17 heavy (non-hydrogen) atoms. The maximum atomic E-state index is 11.8. The van der Waals surface area contributed by atoms with E-state index in [1.165, 1.54) is 44.1 Å². The lowest BCUT2D eigenvalue weighted by atomic mass is 10.0. The number of rotatable bonds is 8. The Kier molecular flexibility index (Phi) is 7.56. The Hall–Kier alpha value is 0.270. The highest BCUT2D eigenvalue weighted by molar-refractivity contribution is 8.00. The third-order valence-electron chi connectivity index (χ3n) is 2.82. The highest BCUT2D eigenvalue weighted by atomic mass is 35.5. The molecular weight excluding hydrogens is 277 g/mol. The monoisotopic (exact) mass is 295 g/mol. The first-order valence-corrected chi connectivity index (χ1v) is 7.92. The van der Waals surface area contributed by atoms with Gasteiger partial charge in [-0.15, -0.1) is 23.2 Å². The summed E-state index contributed by atoms with van der Waals surface area (Å²) in [5, 5.41) is -0.381. The predicted molar refractivity (Wildman–Crippen MR) is 77.3 cm³/mol. The lowest BCUT2D eigenvalue weighted by molar-refractivity contribution is -0.112. The van der Waals surface area contributed by atoms with Crippen LogP contribution in [-0.2, 0) is 4.79 Å². The fourth-order valence-corrected chi connectivity index (χ4v) is 3.03. The summed E-state index contributed by atoms with van der Waals surface area (Å²) in [5.41, 5.74) is 0.668. The van der Waals surface area contributed by atoms with Crippen LogP contribution in [0.5, 0.6) is 0 Å². The van der Waals surface area contributed by atoms with Gasteiger partial charge in [0.25, 0.3) is 0 Å². The molecule has 0 saturated carbocycles. The molecule has 0 aromatic rings. The SMILES string of the molecule is CCCCCCCCC1=NSC(C(Cl)Cl)C1=O. The minimum Gasteiger partial charge on any atom is -0.291 e. The molecule has 1 rings (SSSR count). The second-order valence-corrected chi connectivity index (χ2v) is 6.35. The Morgan fingerprint density at radius 1 is 1.24 bits per heavy atom. The van der Waals surface area contributed by atoms with E-state index in [1.54, 1.807) is 0 Å². The van der Waals surface area contributed by atoms with Gasteiger partial charge < -0.3 is 0 Å². The van der Waals surface area contributed by atoms with Gasteiger partial charge in [0.15, 0.2) is 5.78 Å². The van der Waals surface area contributed by atoms with E-state index >= 15 is 0 Å². The zero-order valence-electron chi connectivity index (χ0n) is 10.1. The molecule has 0 fully saturated rings. The van der Waals surface area contributed by atoms with Crippen LogP contribution in [0.3, 0.4) is 0 Å². The van der Waals surface area contributed by atoms with Crippen LogP contribution in [-0.4, -0.2) is 21.6 Å². The van der Waals surface area contributed by atoms with Crippen molar-refractivity contribution in [3.63, 3.8) is 0 Å². The van der Waals surface area contributed by atoms with Crippen molar-refractivity contribution < 1.29 is 4.79 Å². The van der Waals surface area contributed by atoms with Crippen molar-refractivity contribution in [2.75, 3.05) is 0 Å². The highest BCUT2D eigenvalue weighted by Crippen LogP contribution is 2.30. The molecule has 0 aromatic heterocycles. The number of nitrogens with zero attached hydrogens (tertiary/aromatic N) is 1. The van der Waals surface area contributed by atoms with Crippen molar-refractivity contribution in [3.8, 4) is 0 Å². The summed E-state index contributed by atoms with van der Waals surface area (Å²) in [6, 6.07) is 0. The number of ketones is 1. The van der Waals surface area contributed by atoms with Gasteiger partial charge in [-0.1, -0.05) is 39.0 Å². The molecule has 2 nitrogen and oxygen atoms in total. The summed E-state index contributed by atoms with van der Waals surface area (Å²) in [6.07, 6.45) is 8.09. The van der Waals surface area contributed by atoms with Crippen molar-refractivity contribution in [2.24, 2.45) is 4.40 Å². The van der Waals surface area contributed by atoms with E-state index in [2.05, 4.69) is 11.3 Å². The first kappa shape index (κ1) is 15.3. The molecule has 5 heteroatoms. The molecule has 0 radical (unpaired) electrons. The van der Waals surface area contributed by atoms with Crippen LogP contribution in [0.15, 0.2) is 4.40 Å². The van der Waals surface area contributed by atoms with Crippen molar-refractivity contribution in [1.82, 2.24) is 0 Å². The number of halogens is 2. The third kappa shape index (κ3) is 5.19. The van der Waals surface area contributed by atoms with E-state index in [0.717, 1.165) is 12.8 Å². The Labute approximate surface area is 118 Å². The third-order valence-corrected chi connectivity index (χ3v) is 4.66. The summed E-state index contributed by atoms with van der Waals surface area (Å²) in [4.78, 5) is 11.1. The average molecular weight is 296 g/mol. The average Bonchev–Trinajstić information content (AvgIpc) is 2.65. The zero-order valence-corrected chi connectivity index (χ0v) is 12.5. The molecule has 0 saturated heterocycles. The van der Waals surface area contributed by atoms with E-state index < -0.39 is 4.84 Å². The van der Waals surface area contributed by atoms with Crippen LogP contribution in [0.2, 0.25) is 0 Å². The lowest BCUT2D eigenvalue weighted by Crippen LogP contribution is -2.25. The Morgan fingerprint density at radius 3 is 2.47 bits per heavy atom. The maximum absolute atomic E-state index is 11.8. The van der Waals surface area contributed by atoms with Crippen molar-refractivity contribution in [3.05, 3.63) is 0 Å². The lowest BCUT2D eigenvalue weighted by Gasteiger charge is -2.06. The minimum atomic E-state index is -0.654. The second-order valence-electron chi connectivity index (χ2n) is 4.28. The Morgan fingerprint density at radius 2 is 1.88 bits per heavy atom. The number of unbranched alkanes of at least 4 members (excludes halogenated alkanes) is 5. The van der Waals surface area contributed by atoms with E-state index in [-0.39, 0.29) is 11.0 Å². The first-order chi connectivity index (χ1) is 8.16. The molecule has 1 atom stereocenters. The van der Waals surface area contributed by atoms with Gasteiger partial charge in [-0.3, -0.25) is 4.79 Å². The van der Waals surface area contributed by atoms with Crippen LogP contribution in [0.4, 0.5) is 0 Å². The summed E-state index contributed by atoms with van der Waals surface area (Å²) in [6.45, 7) is 2.21. The summed E-state index contributed by atoms with van der Waals surface area (Å²) in [7, 11) is 0. The van der Waals surface area contributed by atoms with Gasteiger partial charge in [-0.05, 0) is 24.8 Å². The van der Waals surface area contributed by atoms with Gasteiger partial charge in [0, 0.05) is 0 Å². The standard InChI is InChI=1S/C12H19Cl2NOS/c1-2-3-4-5-6-7-8-9-10(16)11(12(13)14)17-15-9/h11-12H,2-8H2,1H3. The topological polar surface area (TPSA) is 29.4 Å². The maximum Gasteiger partial charge on any atom is 0.195 e. The van der Waals surface area contributed by atoms with Crippen molar-refractivity contribution >= 4 is 46.6 Å². The minimum absolute atomic E-state index is 0.0264. The van der Waals surface area contributed by atoms with Crippen LogP contribution in [0.25, 0.3) is 0 Å². The molecule has 1 unspecified atom stereocenters. The smallest absolute Gasteiger partial charge is 0.195 e. The summed E-state index contributed by atoms with van der Waals surface area (Å²) >= 11 is 12.6. The number of Topliss-reactive ketones (excluding diaryl/α,β-unsaturated/α-hetero) is 1. The fraction of sp³-hybridized carbons (Fsp3) is 0.833. The number of carbonyl (C=O) groups excluding carboxylic acids is 1. The molecule has 0 amide bonds. The highest BCUT2D eigenvalue weighted by Gasteiger charge is 2.34. The van der Waals surface area contributed by atoms with E-state index in [4.69, 9.17) is 23.2 Å². The first-order valence-electron chi connectivity index (χ1n) is 6.22. The second kappa shape index (κ2) is 8.39. The van der Waals surface area contributed by atoms with Crippen LogP contribution < -0.4 is 0 Å². The van der Waals surface area contributed by atoms with Gasteiger partial charge in [0.2, 0.25) is 0 Å². The van der Waals surface area contributed by atoms with Gasteiger partial charge in [-0.2, -0.15) is 0 Å². The van der Waals surface area contributed by atoms with Crippen molar-refractivity contribution in [2.45, 2.75) is 62.0 Å². The van der Waals surface area contributed by atoms with Crippen LogP contribution in [0, 0.1) is 0 Å². The fourth-order valence-electron chi connectivity index (χ4n) is 1.78. The molecule has 98 valence electrons. The number of hydrogen-bond donors (Lipinski definition) is 0. The van der Waals surface area contributed by atoms with Gasteiger partial charge in [0.05, 0.1) is 5.71 Å². The van der Waals surface area contributed by atoms with Gasteiger partial charge in [-0.25, -0.2) is 4.40 Å².